The van der Waals surface area contributed by atoms with Crippen LogP contribution in [0.2, 0.25) is 0 Å². The molecule has 3 nitrogen and oxygen atoms in total. The van der Waals surface area contributed by atoms with E-state index in [0.29, 0.717) is 6.04 Å². The predicted octanol–water partition coefficient (Wildman–Crippen LogP) is 2.67. The molecule has 1 atom stereocenters. The SMILES string of the molecule is CCc1csc(N(CC2CC2)CC2CCCN2)n1. The molecule has 1 aliphatic carbocycles. The number of hydrogen-bond acceptors (Lipinski definition) is 4. The van der Waals surface area contributed by atoms with Gasteiger partial charge in [-0.15, -0.1) is 11.3 Å². The van der Waals surface area contributed by atoms with E-state index in [2.05, 4.69) is 22.5 Å². The highest BCUT2D eigenvalue weighted by atomic mass is 32.1. The summed E-state index contributed by atoms with van der Waals surface area (Å²) < 4.78 is 0. The van der Waals surface area contributed by atoms with Crippen LogP contribution in [0.15, 0.2) is 5.38 Å². The number of nitrogens with one attached hydrogen (secondary N) is 1. The van der Waals surface area contributed by atoms with Crippen molar-refractivity contribution in [2.45, 2.75) is 45.1 Å². The van der Waals surface area contributed by atoms with Crippen molar-refractivity contribution in [3.05, 3.63) is 11.1 Å². The lowest BCUT2D eigenvalue weighted by Crippen LogP contribution is -2.38. The molecule has 1 aromatic heterocycles. The molecule has 0 bridgehead atoms. The lowest BCUT2D eigenvalue weighted by Gasteiger charge is -2.25. The van der Waals surface area contributed by atoms with E-state index in [1.165, 1.54) is 49.6 Å². The number of rotatable bonds is 6. The van der Waals surface area contributed by atoms with Gasteiger partial charge in [-0.25, -0.2) is 4.98 Å². The average Bonchev–Trinajstić information content (AvgIpc) is 2.89. The van der Waals surface area contributed by atoms with E-state index in [-0.39, 0.29) is 0 Å². The monoisotopic (exact) mass is 265 g/mol. The minimum absolute atomic E-state index is 0.678. The molecule has 0 aromatic carbocycles. The molecule has 1 saturated carbocycles. The van der Waals surface area contributed by atoms with Crippen LogP contribution >= 0.6 is 11.3 Å². The molecule has 0 spiro atoms. The van der Waals surface area contributed by atoms with E-state index in [1.54, 1.807) is 0 Å². The lowest BCUT2D eigenvalue weighted by molar-refractivity contribution is 0.569. The summed E-state index contributed by atoms with van der Waals surface area (Å²) in [6, 6.07) is 0.678. The van der Waals surface area contributed by atoms with Crippen molar-refractivity contribution >= 4 is 16.5 Å². The number of anilines is 1. The first kappa shape index (κ1) is 12.4. The summed E-state index contributed by atoms with van der Waals surface area (Å²) >= 11 is 1.82. The second-order valence-electron chi connectivity index (χ2n) is 5.62. The van der Waals surface area contributed by atoms with Gasteiger partial charge < -0.3 is 10.2 Å². The molecule has 2 fully saturated rings. The van der Waals surface area contributed by atoms with Gasteiger partial charge in [0.2, 0.25) is 0 Å². The maximum absolute atomic E-state index is 4.77. The molecule has 1 saturated heterocycles. The van der Waals surface area contributed by atoms with Crippen molar-refractivity contribution in [2.24, 2.45) is 5.92 Å². The highest BCUT2D eigenvalue weighted by Crippen LogP contribution is 2.32. The molecule has 1 aliphatic heterocycles. The lowest BCUT2D eigenvalue weighted by atomic mass is 10.2. The Kier molecular flexibility index (Phi) is 3.85. The molecule has 4 heteroatoms. The molecule has 1 N–H and O–H groups in total. The number of hydrogen-bond donors (Lipinski definition) is 1. The summed E-state index contributed by atoms with van der Waals surface area (Å²) in [7, 11) is 0. The van der Waals surface area contributed by atoms with Gasteiger partial charge in [-0.3, -0.25) is 0 Å². The minimum atomic E-state index is 0.678. The molecule has 100 valence electrons. The third-order valence-electron chi connectivity index (χ3n) is 3.95. The van der Waals surface area contributed by atoms with Gasteiger partial charge in [0, 0.05) is 24.5 Å². The molecular formula is C14H23N3S. The summed E-state index contributed by atoms with van der Waals surface area (Å²) in [5.41, 5.74) is 1.25. The van der Waals surface area contributed by atoms with Crippen LogP contribution in [0, 0.1) is 5.92 Å². The smallest absolute Gasteiger partial charge is 0.185 e. The van der Waals surface area contributed by atoms with Crippen LogP contribution < -0.4 is 10.2 Å². The quantitative estimate of drug-likeness (QED) is 0.857. The molecule has 1 aromatic rings. The predicted molar refractivity (Wildman–Crippen MR) is 77.5 cm³/mol. The summed E-state index contributed by atoms with van der Waals surface area (Å²) in [5, 5.41) is 7.07. The topological polar surface area (TPSA) is 28.2 Å². The van der Waals surface area contributed by atoms with Gasteiger partial charge in [0.1, 0.15) is 0 Å². The number of nitrogens with zero attached hydrogens (tertiary/aromatic N) is 2. The zero-order valence-corrected chi connectivity index (χ0v) is 12.0. The van der Waals surface area contributed by atoms with Crippen molar-refractivity contribution in [3.8, 4) is 0 Å². The first-order chi connectivity index (χ1) is 8.85. The second-order valence-corrected chi connectivity index (χ2v) is 6.45. The number of aromatic nitrogens is 1. The Hall–Kier alpha value is -0.610. The van der Waals surface area contributed by atoms with Gasteiger partial charge in [0.25, 0.3) is 0 Å². The van der Waals surface area contributed by atoms with Crippen LogP contribution in [0.3, 0.4) is 0 Å². The molecule has 1 unspecified atom stereocenters. The van der Waals surface area contributed by atoms with Gasteiger partial charge in [-0.1, -0.05) is 6.92 Å². The summed E-state index contributed by atoms with van der Waals surface area (Å²) in [6.07, 6.45) is 6.55. The van der Waals surface area contributed by atoms with Crippen LogP contribution in [0.4, 0.5) is 5.13 Å². The summed E-state index contributed by atoms with van der Waals surface area (Å²) in [6.45, 7) is 5.74. The first-order valence-corrected chi connectivity index (χ1v) is 8.16. The Bertz CT molecular complexity index is 380. The average molecular weight is 265 g/mol. The molecule has 3 rings (SSSR count). The van der Waals surface area contributed by atoms with Gasteiger partial charge in [-0.2, -0.15) is 0 Å². The largest absolute Gasteiger partial charge is 0.346 e. The molecule has 0 amide bonds. The fraction of sp³-hybridized carbons (Fsp3) is 0.786. The highest BCUT2D eigenvalue weighted by Gasteiger charge is 2.27. The van der Waals surface area contributed by atoms with E-state index in [0.717, 1.165) is 18.9 Å². The molecule has 18 heavy (non-hydrogen) atoms. The van der Waals surface area contributed by atoms with Crippen LogP contribution in [-0.2, 0) is 6.42 Å². The Balaban J connectivity index is 1.66. The Morgan fingerprint density at radius 3 is 2.89 bits per heavy atom. The van der Waals surface area contributed by atoms with Crippen LogP contribution in [-0.4, -0.2) is 30.7 Å². The fourth-order valence-electron chi connectivity index (χ4n) is 2.63. The zero-order valence-electron chi connectivity index (χ0n) is 11.2. The van der Waals surface area contributed by atoms with E-state index in [9.17, 15) is 0 Å². The van der Waals surface area contributed by atoms with Gasteiger partial charge in [0.15, 0.2) is 5.13 Å². The van der Waals surface area contributed by atoms with Crippen molar-refractivity contribution in [1.82, 2.24) is 10.3 Å². The van der Waals surface area contributed by atoms with Gasteiger partial charge >= 0.3 is 0 Å². The van der Waals surface area contributed by atoms with Crippen molar-refractivity contribution in [1.29, 1.82) is 0 Å². The number of aryl methyl sites for hydroxylation is 1. The first-order valence-electron chi connectivity index (χ1n) is 7.28. The molecule has 2 aliphatic rings. The second kappa shape index (κ2) is 5.57. The maximum atomic E-state index is 4.77. The zero-order chi connectivity index (χ0) is 12.4. The third-order valence-corrected chi connectivity index (χ3v) is 4.90. The molecule has 0 radical (unpaired) electrons. The normalized spacial score (nSPS) is 23.5. The Morgan fingerprint density at radius 1 is 1.39 bits per heavy atom. The molecular weight excluding hydrogens is 242 g/mol. The minimum Gasteiger partial charge on any atom is -0.346 e. The highest BCUT2D eigenvalue weighted by molar-refractivity contribution is 7.13. The van der Waals surface area contributed by atoms with E-state index >= 15 is 0 Å². The van der Waals surface area contributed by atoms with Gasteiger partial charge in [0.05, 0.1) is 5.69 Å². The van der Waals surface area contributed by atoms with Crippen LogP contribution in [0.25, 0.3) is 0 Å². The van der Waals surface area contributed by atoms with Crippen molar-refractivity contribution in [3.63, 3.8) is 0 Å². The van der Waals surface area contributed by atoms with E-state index in [4.69, 9.17) is 4.98 Å². The Morgan fingerprint density at radius 2 is 2.28 bits per heavy atom. The maximum Gasteiger partial charge on any atom is 0.185 e. The van der Waals surface area contributed by atoms with E-state index in [1.807, 2.05) is 11.3 Å². The Labute approximate surface area is 114 Å². The van der Waals surface area contributed by atoms with Crippen LogP contribution in [0.1, 0.15) is 38.3 Å². The van der Waals surface area contributed by atoms with Gasteiger partial charge in [-0.05, 0) is 44.6 Å². The van der Waals surface area contributed by atoms with E-state index < -0.39 is 0 Å². The standard InChI is InChI=1S/C14H23N3S/c1-2-12-10-18-14(16-12)17(8-11-5-6-11)9-13-4-3-7-15-13/h10-11,13,15H,2-9H2,1H3. The molecule has 2 heterocycles. The summed E-state index contributed by atoms with van der Waals surface area (Å²) in [4.78, 5) is 7.30. The third kappa shape index (κ3) is 3.04. The summed E-state index contributed by atoms with van der Waals surface area (Å²) in [5.74, 6) is 0.931. The van der Waals surface area contributed by atoms with Crippen molar-refractivity contribution < 1.29 is 0 Å². The van der Waals surface area contributed by atoms with Crippen molar-refractivity contribution in [2.75, 3.05) is 24.5 Å². The number of thiazole rings is 1. The fourth-order valence-corrected chi connectivity index (χ4v) is 3.55. The van der Waals surface area contributed by atoms with Crippen LogP contribution in [0.5, 0.6) is 0 Å².